The fourth-order valence-electron chi connectivity index (χ4n) is 7.70. The minimum atomic E-state index is -0.522. The molecule has 25 heavy (non-hydrogen) atoms. The number of carbonyl (C=O) groups excluding carboxylic acids is 1. The van der Waals surface area contributed by atoms with Gasteiger partial charge in [-0.15, -0.1) is 0 Å². The zero-order valence-corrected chi connectivity index (χ0v) is 16.1. The van der Waals surface area contributed by atoms with Gasteiger partial charge in [0.1, 0.15) is 6.29 Å². The van der Waals surface area contributed by atoms with Crippen LogP contribution in [0.25, 0.3) is 0 Å². The first-order valence-corrected chi connectivity index (χ1v) is 10.4. The van der Waals surface area contributed by atoms with Gasteiger partial charge in [-0.05, 0) is 93.5 Å². The molecule has 2 N–H and O–H groups in total. The summed E-state index contributed by atoms with van der Waals surface area (Å²) in [6, 6.07) is 0. The molecule has 0 aromatic carbocycles. The monoisotopic (exact) mass is 346 g/mol. The fraction of sp³-hybridized carbons (Fsp3) is 0.864. The Morgan fingerprint density at radius 1 is 1.12 bits per heavy atom. The molecule has 0 saturated heterocycles. The van der Waals surface area contributed by atoms with Gasteiger partial charge in [-0.3, -0.25) is 0 Å². The van der Waals surface area contributed by atoms with E-state index in [1.54, 1.807) is 0 Å². The summed E-state index contributed by atoms with van der Waals surface area (Å²) < 4.78 is 0. The van der Waals surface area contributed by atoms with E-state index in [1.165, 1.54) is 11.9 Å². The fourth-order valence-corrected chi connectivity index (χ4v) is 7.70. The summed E-state index contributed by atoms with van der Waals surface area (Å²) in [5.74, 6) is 1.51. The van der Waals surface area contributed by atoms with E-state index in [0.717, 1.165) is 63.4 Å². The minimum absolute atomic E-state index is 0.0113. The third-order valence-electron chi connectivity index (χ3n) is 9.31. The van der Waals surface area contributed by atoms with Crippen molar-refractivity contribution in [2.24, 2.45) is 28.6 Å². The Bertz CT molecular complexity index is 610. The number of rotatable bonds is 2. The van der Waals surface area contributed by atoms with Crippen LogP contribution in [-0.2, 0) is 4.79 Å². The number of carbonyl (C=O) groups is 1. The molecule has 140 valence electrons. The first-order valence-electron chi connectivity index (χ1n) is 10.4. The first kappa shape index (κ1) is 17.7. The van der Waals surface area contributed by atoms with Crippen LogP contribution in [0.3, 0.4) is 0 Å². The summed E-state index contributed by atoms with van der Waals surface area (Å²) in [4.78, 5) is 12.4. The number of fused-ring (bicyclic) bond motifs is 5. The highest BCUT2D eigenvalue weighted by molar-refractivity contribution is 5.68. The highest BCUT2D eigenvalue weighted by Crippen LogP contribution is 2.68. The van der Waals surface area contributed by atoms with Gasteiger partial charge in [-0.2, -0.15) is 0 Å². The molecule has 0 radical (unpaired) electrons. The molecule has 7 atom stereocenters. The van der Waals surface area contributed by atoms with Crippen molar-refractivity contribution in [3.63, 3.8) is 0 Å². The van der Waals surface area contributed by atoms with Gasteiger partial charge in [0.2, 0.25) is 0 Å². The Labute approximate surface area is 151 Å². The second-order valence-electron chi connectivity index (χ2n) is 9.67. The van der Waals surface area contributed by atoms with Crippen molar-refractivity contribution in [2.45, 2.75) is 90.3 Å². The lowest BCUT2D eigenvalue weighted by Crippen LogP contribution is -2.56. The largest absolute Gasteiger partial charge is 0.389 e. The summed E-state index contributed by atoms with van der Waals surface area (Å²) in [6.07, 6.45) is 9.46. The predicted octanol–water partition coefficient (Wildman–Crippen LogP) is 4.02. The topological polar surface area (TPSA) is 57.5 Å². The first-order chi connectivity index (χ1) is 11.8. The third-order valence-corrected chi connectivity index (χ3v) is 9.31. The second-order valence-corrected chi connectivity index (χ2v) is 9.67. The molecule has 0 aromatic heterocycles. The van der Waals surface area contributed by atoms with Crippen molar-refractivity contribution in [2.75, 3.05) is 0 Å². The maximum atomic E-state index is 12.4. The summed E-state index contributed by atoms with van der Waals surface area (Å²) in [6.45, 7) is 6.48. The number of aldehydes is 1. The number of allylic oxidation sites excluding steroid dienone is 1. The highest BCUT2D eigenvalue weighted by Gasteiger charge is 2.64. The van der Waals surface area contributed by atoms with Crippen LogP contribution >= 0.6 is 0 Å². The van der Waals surface area contributed by atoms with E-state index in [0.29, 0.717) is 17.8 Å². The maximum absolute atomic E-state index is 12.4. The Kier molecular flexibility index (Phi) is 4.01. The molecule has 0 aromatic rings. The number of hydrogen-bond acceptors (Lipinski definition) is 3. The SMILES string of the molecule is CCC1(O)CC[C@H]2[C@@H]3CCC4=C(C)C(O)CC[C@]4(C=O)[C@@H]3CC[C@@]21C. The number of aliphatic hydroxyl groups excluding tert-OH is 1. The van der Waals surface area contributed by atoms with E-state index in [1.807, 2.05) is 6.92 Å². The van der Waals surface area contributed by atoms with Crippen molar-refractivity contribution in [3.8, 4) is 0 Å². The van der Waals surface area contributed by atoms with Gasteiger partial charge < -0.3 is 15.0 Å². The van der Waals surface area contributed by atoms with E-state index in [4.69, 9.17) is 0 Å². The van der Waals surface area contributed by atoms with Crippen molar-refractivity contribution in [1.82, 2.24) is 0 Å². The number of hydrogen-bond donors (Lipinski definition) is 2. The predicted molar refractivity (Wildman–Crippen MR) is 98.0 cm³/mol. The summed E-state index contributed by atoms with van der Waals surface area (Å²) >= 11 is 0. The van der Waals surface area contributed by atoms with Gasteiger partial charge >= 0.3 is 0 Å². The second kappa shape index (κ2) is 5.66. The van der Waals surface area contributed by atoms with Crippen molar-refractivity contribution >= 4 is 6.29 Å². The highest BCUT2D eigenvalue weighted by atomic mass is 16.3. The van der Waals surface area contributed by atoms with E-state index in [9.17, 15) is 15.0 Å². The molecular weight excluding hydrogens is 312 g/mol. The Balaban J connectivity index is 1.74. The van der Waals surface area contributed by atoms with Crippen LogP contribution in [0.2, 0.25) is 0 Å². The minimum Gasteiger partial charge on any atom is -0.389 e. The lowest BCUT2D eigenvalue weighted by Gasteiger charge is -2.59. The van der Waals surface area contributed by atoms with Crippen LogP contribution in [0, 0.1) is 28.6 Å². The molecule has 4 aliphatic rings. The van der Waals surface area contributed by atoms with Gasteiger partial charge in [0.25, 0.3) is 0 Å². The van der Waals surface area contributed by atoms with Crippen molar-refractivity contribution in [1.29, 1.82) is 0 Å². The van der Waals surface area contributed by atoms with E-state index in [2.05, 4.69) is 13.8 Å². The smallest absolute Gasteiger partial charge is 0.130 e. The van der Waals surface area contributed by atoms with E-state index >= 15 is 0 Å². The van der Waals surface area contributed by atoms with Gasteiger partial charge in [-0.25, -0.2) is 0 Å². The van der Waals surface area contributed by atoms with Crippen molar-refractivity contribution < 1.29 is 15.0 Å². The van der Waals surface area contributed by atoms with Crippen molar-refractivity contribution in [3.05, 3.63) is 11.1 Å². The quantitative estimate of drug-likeness (QED) is 0.586. The number of aliphatic hydroxyl groups is 2. The van der Waals surface area contributed by atoms with E-state index < -0.39 is 5.60 Å². The molecule has 4 aliphatic carbocycles. The summed E-state index contributed by atoms with van der Waals surface area (Å²) in [5.41, 5.74) is 1.49. The third kappa shape index (κ3) is 2.09. The van der Waals surface area contributed by atoms with Gasteiger partial charge in [-0.1, -0.05) is 19.4 Å². The Morgan fingerprint density at radius 2 is 1.84 bits per heavy atom. The molecule has 0 bridgehead atoms. The van der Waals surface area contributed by atoms with Crippen LogP contribution in [0.1, 0.15) is 78.6 Å². The molecule has 3 nitrogen and oxygen atoms in total. The lowest BCUT2D eigenvalue weighted by atomic mass is 9.45. The van der Waals surface area contributed by atoms with E-state index in [-0.39, 0.29) is 16.9 Å². The van der Waals surface area contributed by atoms with Gasteiger partial charge in [0.15, 0.2) is 0 Å². The molecule has 0 spiro atoms. The zero-order valence-electron chi connectivity index (χ0n) is 16.1. The van der Waals surface area contributed by atoms with Crippen LogP contribution in [0.5, 0.6) is 0 Å². The summed E-state index contributed by atoms with van der Waals surface area (Å²) in [5, 5.41) is 21.6. The maximum Gasteiger partial charge on any atom is 0.130 e. The summed E-state index contributed by atoms with van der Waals surface area (Å²) in [7, 11) is 0. The Hall–Kier alpha value is -0.670. The molecule has 0 amide bonds. The molecule has 3 fully saturated rings. The normalized spacial score (nSPS) is 52.4. The van der Waals surface area contributed by atoms with Crippen LogP contribution in [0.15, 0.2) is 11.1 Å². The Morgan fingerprint density at radius 3 is 2.52 bits per heavy atom. The van der Waals surface area contributed by atoms with Crippen LogP contribution in [0.4, 0.5) is 0 Å². The molecular formula is C22H34O3. The van der Waals surface area contributed by atoms with Gasteiger partial charge in [0, 0.05) is 0 Å². The molecule has 0 aliphatic heterocycles. The molecule has 3 saturated carbocycles. The van der Waals surface area contributed by atoms with Gasteiger partial charge in [0.05, 0.1) is 17.1 Å². The lowest BCUT2D eigenvalue weighted by molar-refractivity contribution is -0.141. The standard InChI is InChI=1S/C22H34O3/c1-4-22(25)12-8-17-15-5-6-16-14(2)19(24)9-11-21(16,13-23)18(15)7-10-20(17,22)3/h13,15,17-19,24-25H,4-12H2,1-3H3/t15-,17-,18+,19?,20-,21+,22?/m0/s1. The zero-order chi connectivity index (χ0) is 18.0. The molecule has 4 rings (SSSR count). The van der Waals surface area contributed by atoms with Crippen LogP contribution < -0.4 is 0 Å². The van der Waals surface area contributed by atoms with Crippen LogP contribution in [-0.4, -0.2) is 28.2 Å². The average molecular weight is 347 g/mol. The molecule has 0 heterocycles. The molecule has 2 unspecified atom stereocenters. The average Bonchev–Trinajstić information content (AvgIpc) is 2.90. The molecule has 3 heteroatoms.